The molecular formula is C13H25N3O. The van der Waals surface area contributed by atoms with E-state index >= 15 is 0 Å². The van der Waals surface area contributed by atoms with E-state index in [9.17, 15) is 4.79 Å². The maximum Gasteiger partial charge on any atom is 0.320 e. The van der Waals surface area contributed by atoms with Crippen molar-refractivity contribution in [1.29, 1.82) is 0 Å². The molecule has 1 N–H and O–H groups in total. The van der Waals surface area contributed by atoms with E-state index in [2.05, 4.69) is 12.2 Å². The summed E-state index contributed by atoms with van der Waals surface area (Å²) in [6, 6.07) is 1.26. The van der Waals surface area contributed by atoms with Gasteiger partial charge in [0.2, 0.25) is 0 Å². The normalized spacial score (nSPS) is 30.1. The molecule has 2 aliphatic heterocycles. The number of hydrogen-bond acceptors (Lipinski definition) is 2. The van der Waals surface area contributed by atoms with Gasteiger partial charge in [-0.05, 0) is 32.2 Å². The molecule has 2 rings (SSSR count). The van der Waals surface area contributed by atoms with Gasteiger partial charge < -0.3 is 15.1 Å². The number of likely N-dealkylation sites (N-methyl/N-ethyl adjacent to an activating group) is 1. The van der Waals surface area contributed by atoms with E-state index in [-0.39, 0.29) is 6.03 Å². The van der Waals surface area contributed by atoms with Gasteiger partial charge in [-0.3, -0.25) is 0 Å². The van der Waals surface area contributed by atoms with Crippen LogP contribution in [-0.4, -0.2) is 54.6 Å². The molecule has 0 saturated carbocycles. The number of hydrogen-bond donors (Lipinski definition) is 1. The number of carbonyl (C=O) groups excluding carboxylic acids is 1. The van der Waals surface area contributed by atoms with E-state index in [0.717, 1.165) is 32.5 Å². The van der Waals surface area contributed by atoms with Gasteiger partial charge in [0.05, 0.1) is 6.04 Å². The first-order valence-corrected chi connectivity index (χ1v) is 6.97. The van der Waals surface area contributed by atoms with Crippen LogP contribution < -0.4 is 5.32 Å². The van der Waals surface area contributed by atoms with Crippen molar-refractivity contribution in [3.8, 4) is 0 Å². The molecule has 2 heterocycles. The van der Waals surface area contributed by atoms with Crippen LogP contribution in [0.15, 0.2) is 0 Å². The van der Waals surface area contributed by atoms with Crippen LogP contribution in [0.4, 0.5) is 4.79 Å². The first-order valence-electron chi connectivity index (χ1n) is 6.97. The minimum atomic E-state index is 0.215. The predicted molar refractivity (Wildman–Crippen MR) is 69.1 cm³/mol. The lowest BCUT2D eigenvalue weighted by Crippen LogP contribution is -2.38. The van der Waals surface area contributed by atoms with Crippen molar-refractivity contribution >= 4 is 6.03 Å². The molecule has 2 aliphatic rings. The second-order valence-corrected chi connectivity index (χ2v) is 5.34. The quantitative estimate of drug-likeness (QED) is 0.810. The molecule has 0 radical (unpaired) electrons. The summed E-state index contributed by atoms with van der Waals surface area (Å²) in [5.41, 5.74) is 0. The fourth-order valence-electron chi connectivity index (χ4n) is 2.91. The second kappa shape index (κ2) is 5.71. The number of amides is 2. The Kier molecular flexibility index (Phi) is 4.26. The standard InChI is InChI=1S/C13H25N3O/c1-3-12-10-16(13(17)15(12)2)9-7-11-6-4-5-8-14-11/h11-12,14H,3-10H2,1-2H3. The summed E-state index contributed by atoms with van der Waals surface area (Å²) in [5.74, 6) is 0. The predicted octanol–water partition coefficient (Wildman–Crippen LogP) is 1.66. The van der Waals surface area contributed by atoms with Gasteiger partial charge in [0.1, 0.15) is 0 Å². The van der Waals surface area contributed by atoms with Crippen LogP contribution in [0.1, 0.15) is 39.0 Å². The fourth-order valence-corrected chi connectivity index (χ4v) is 2.91. The highest BCUT2D eigenvalue weighted by Crippen LogP contribution is 2.18. The maximum atomic E-state index is 12.0. The van der Waals surface area contributed by atoms with Gasteiger partial charge >= 0.3 is 6.03 Å². The van der Waals surface area contributed by atoms with Crippen molar-refractivity contribution in [2.45, 2.75) is 51.1 Å². The Morgan fingerprint density at radius 1 is 1.41 bits per heavy atom. The topological polar surface area (TPSA) is 35.6 Å². The maximum absolute atomic E-state index is 12.0. The van der Waals surface area contributed by atoms with E-state index in [0.29, 0.717) is 12.1 Å². The van der Waals surface area contributed by atoms with Crippen LogP contribution in [0.2, 0.25) is 0 Å². The molecule has 2 fully saturated rings. The largest absolute Gasteiger partial charge is 0.323 e. The zero-order valence-corrected chi connectivity index (χ0v) is 11.1. The minimum absolute atomic E-state index is 0.215. The van der Waals surface area contributed by atoms with Gasteiger partial charge in [0, 0.05) is 26.2 Å². The summed E-state index contributed by atoms with van der Waals surface area (Å²) in [5, 5.41) is 3.54. The molecule has 0 spiro atoms. The monoisotopic (exact) mass is 239 g/mol. The third kappa shape index (κ3) is 2.92. The summed E-state index contributed by atoms with van der Waals surface area (Å²) in [6.45, 7) is 5.13. The van der Waals surface area contributed by atoms with Crippen LogP contribution in [0.25, 0.3) is 0 Å². The Hall–Kier alpha value is -0.770. The summed E-state index contributed by atoms with van der Waals surface area (Å²) >= 11 is 0. The highest BCUT2D eigenvalue weighted by molar-refractivity contribution is 5.76. The number of nitrogens with one attached hydrogen (secondary N) is 1. The molecule has 2 atom stereocenters. The van der Waals surface area contributed by atoms with Gasteiger partial charge in [-0.25, -0.2) is 4.79 Å². The van der Waals surface area contributed by atoms with E-state index in [1.54, 1.807) is 0 Å². The lowest BCUT2D eigenvalue weighted by Gasteiger charge is -2.25. The fraction of sp³-hybridized carbons (Fsp3) is 0.923. The number of nitrogens with zero attached hydrogens (tertiary/aromatic N) is 2. The molecule has 0 bridgehead atoms. The van der Waals surface area contributed by atoms with Crippen molar-refractivity contribution in [3.05, 3.63) is 0 Å². The van der Waals surface area contributed by atoms with E-state index < -0.39 is 0 Å². The Bertz CT molecular complexity index is 263. The van der Waals surface area contributed by atoms with E-state index in [1.165, 1.54) is 19.3 Å². The first-order chi connectivity index (χ1) is 8.22. The van der Waals surface area contributed by atoms with Gasteiger partial charge in [0.15, 0.2) is 0 Å². The van der Waals surface area contributed by atoms with Gasteiger partial charge in [-0.15, -0.1) is 0 Å². The molecule has 2 unspecified atom stereocenters. The zero-order chi connectivity index (χ0) is 12.3. The molecule has 4 heteroatoms. The van der Waals surface area contributed by atoms with Crippen molar-refractivity contribution < 1.29 is 4.79 Å². The van der Waals surface area contributed by atoms with Gasteiger partial charge in [-0.2, -0.15) is 0 Å². The van der Waals surface area contributed by atoms with Crippen molar-refractivity contribution in [2.24, 2.45) is 0 Å². The van der Waals surface area contributed by atoms with Crippen LogP contribution in [0.3, 0.4) is 0 Å². The van der Waals surface area contributed by atoms with Crippen molar-refractivity contribution in [1.82, 2.24) is 15.1 Å². The Morgan fingerprint density at radius 2 is 2.24 bits per heavy atom. The average molecular weight is 239 g/mol. The molecule has 0 aromatic heterocycles. The van der Waals surface area contributed by atoms with Crippen LogP contribution >= 0.6 is 0 Å². The van der Waals surface area contributed by atoms with Crippen molar-refractivity contribution in [2.75, 3.05) is 26.7 Å². The lowest BCUT2D eigenvalue weighted by atomic mass is 10.0. The van der Waals surface area contributed by atoms with E-state index in [1.807, 2.05) is 16.8 Å². The summed E-state index contributed by atoms with van der Waals surface area (Å²) in [4.78, 5) is 15.9. The molecule has 2 amide bonds. The SMILES string of the molecule is CCC1CN(CCC2CCCCN2)C(=O)N1C. The highest BCUT2D eigenvalue weighted by Gasteiger charge is 2.33. The lowest BCUT2D eigenvalue weighted by molar-refractivity contribution is 0.192. The molecule has 4 nitrogen and oxygen atoms in total. The van der Waals surface area contributed by atoms with Crippen molar-refractivity contribution in [3.63, 3.8) is 0 Å². The van der Waals surface area contributed by atoms with Crippen LogP contribution in [0, 0.1) is 0 Å². The molecule has 2 saturated heterocycles. The second-order valence-electron chi connectivity index (χ2n) is 5.34. The molecule has 0 aliphatic carbocycles. The Morgan fingerprint density at radius 3 is 2.82 bits per heavy atom. The molecule has 0 aromatic carbocycles. The number of rotatable bonds is 4. The third-order valence-corrected chi connectivity index (χ3v) is 4.18. The number of piperidine rings is 1. The average Bonchev–Trinajstić information content (AvgIpc) is 2.65. The highest BCUT2D eigenvalue weighted by atomic mass is 16.2. The number of carbonyl (C=O) groups is 1. The Balaban J connectivity index is 1.77. The summed E-state index contributed by atoms with van der Waals surface area (Å²) in [7, 11) is 1.93. The smallest absolute Gasteiger partial charge is 0.320 e. The first kappa shape index (κ1) is 12.7. The van der Waals surface area contributed by atoms with Crippen LogP contribution in [-0.2, 0) is 0 Å². The third-order valence-electron chi connectivity index (χ3n) is 4.18. The zero-order valence-electron chi connectivity index (χ0n) is 11.1. The minimum Gasteiger partial charge on any atom is -0.323 e. The van der Waals surface area contributed by atoms with Gasteiger partial charge in [-0.1, -0.05) is 13.3 Å². The number of urea groups is 1. The molecular weight excluding hydrogens is 214 g/mol. The van der Waals surface area contributed by atoms with Gasteiger partial charge in [0.25, 0.3) is 0 Å². The Labute approximate surface area is 104 Å². The molecule has 98 valence electrons. The van der Waals surface area contributed by atoms with Crippen LogP contribution in [0.5, 0.6) is 0 Å². The van der Waals surface area contributed by atoms with E-state index in [4.69, 9.17) is 0 Å². The molecule has 0 aromatic rings. The summed E-state index contributed by atoms with van der Waals surface area (Å²) in [6.07, 6.45) is 6.08. The molecule has 17 heavy (non-hydrogen) atoms. The summed E-state index contributed by atoms with van der Waals surface area (Å²) < 4.78 is 0.